The van der Waals surface area contributed by atoms with Crippen molar-refractivity contribution >= 4 is 28.3 Å². The molecule has 3 rings (SSSR count). The van der Waals surface area contributed by atoms with Crippen molar-refractivity contribution in [3.63, 3.8) is 0 Å². The van der Waals surface area contributed by atoms with Crippen LogP contribution in [-0.4, -0.2) is 24.0 Å². The zero-order valence-electron chi connectivity index (χ0n) is 16.0. The van der Waals surface area contributed by atoms with Crippen LogP contribution in [-0.2, 0) is 20.9 Å². The highest BCUT2D eigenvalue weighted by atomic mass is 16.5. The Balaban J connectivity index is 1.51. The van der Waals surface area contributed by atoms with Crippen LogP contribution in [0.1, 0.15) is 19.4 Å². The van der Waals surface area contributed by atoms with Crippen LogP contribution in [0.25, 0.3) is 10.8 Å². The third kappa shape index (κ3) is 5.10. The van der Waals surface area contributed by atoms with Gasteiger partial charge in [-0.15, -0.1) is 0 Å². The summed E-state index contributed by atoms with van der Waals surface area (Å²) in [5.74, 6) is -0.729. The monoisotopic (exact) mass is 376 g/mol. The van der Waals surface area contributed by atoms with Gasteiger partial charge >= 0.3 is 5.97 Å². The number of fused-ring (bicyclic) bond motifs is 1. The van der Waals surface area contributed by atoms with Crippen LogP contribution < -0.4 is 10.6 Å². The summed E-state index contributed by atoms with van der Waals surface area (Å²) in [7, 11) is 0. The van der Waals surface area contributed by atoms with Crippen LogP contribution in [0, 0.1) is 0 Å². The molecule has 0 radical (unpaired) electrons. The van der Waals surface area contributed by atoms with Gasteiger partial charge in [0.15, 0.2) is 0 Å². The largest absolute Gasteiger partial charge is 0.459 e. The van der Waals surface area contributed by atoms with Crippen LogP contribution in [0.15, 0.2) is 72.8 Å². The molecule has 0 saturated heterocycles. The number of amides is 1. The first-order valence-electron chi connectivity index (χ1n) is 9.29. The van der Waals surface area contributed by atoms with Gasteiger partial charge in [0, 0.05) is 5.69 Å². The molecule has 5 nitrogen and oxygen atoms in total. The van der Waals surface area contributed by atoms with E-state index in [1.165, 1.54) is 0 Å². The lowest BCUT2D eigenvalue weighted by molar-refractivity contribution is -0.148. The number of anilines is 1. The van der Waals surface area contributed by atoms with E-state index in [-0.39, 0.29) is 12.5 Å². The summed E-state index contributed by atoms with van der Waals surface area (Å²) >= 11 is 0. The molecule has 0 aromatic heterocycles. The Labute approximate surface area is 164 Å². The minimum atomic E-state index is -0.725. The average Bonchev–Trinajstić information content (AvgIpc) is 2.72. The highest BCUT2D eigenvalue weighted by Crippen LogP contribution is 2.19. The fourth-order valence-electron chi connectivity index (χ4n) is 2.85. The molecule has 0 bridgehead atoms. The quantitative estimate of drug-likeness (QED) is 0.614. The standard InChI is InChI=1S/C23H24N2O3/c1-16(24-21-13-12-19-10-6-7-11-20(19)14-21)22(26)25-17(2)23(27)28-15-18-8-4-3-5-9-18/h3-14,16-17,24H,15H2,1-2H3,(H,25,26)/t16-,17+/m1/s1. The first kappa shape index (κ1) is 19.4. The molecule has 0 heterocycles. The van der Waals surface area contributed by atoms with Gasteiger partial charge in [-0.25, -0.2) is 4.79 Å². The number of ether oxygens (including phenoxy) is 1. The molecule has 2 N–H and O–H groups in total. The van der Waals surface area contributed by atoms with Crippen LogP contribution >= 0.6 is 0 Å². The van der Waals surface area contributed by atoms with E-state index in [9.17, 15) is 9.59 Å². The molecule has 0 aliphatic heterocycles. The highest BCUT2D eigenvalue weighted by molar-refractivity contribution is 5.90. The topological polar surface area (TPSA) is 67.4 Å². The van der Waals surface area contributed by atoms with Crippen LogP contribution in [0.4, 0.5) is 5.69 Å². The molecule has 28 heavy (non-hydrogen) atoms. The van der Waals surface area contributed by atoms with Crippen molar-refractivity contribution in [1.29, 1.82) is 0 Å². The maximum absolute atomic E-state index is 12.4. The van der Waals surface area contributed by atoms with E-state index in [2.05, 4.69) is 10.6 Å². The third-order valence-electron chi connectivity index (χ3n) is 4.46. The van der Waals surface area contributed by atoms with Gasteiger partial charge in [-0.05, 0) is 42.3 Å². The number of carbonyl (C=O) groups is 2. The number of carbonyl (C=O) groups excluding carboxylic acids is 2. The van der Waals surface area contributed by atoms with Gasteiger partial charge in [-0.2, -0.15) is 0 Å². The Morgan fingerprint density at radius 2 is 1.54 bits per heavy atom. The molecule has 0 fully saturated rings. The van der Waals surface area contributed by atoms with E-state index in [1.807, 2.05) is 72.8 Å². The summed E-state index contributed by atoms with van der Waals surface area (Å²) in [6, 6.07) is 22.2. The van der Waals surface area contributed by atoms with E-state index >= 15 is 0 Å². The molecule has 0 spiro atoms. The van der Waals surface area contributed by atoms with Crippen molar-refractivity contribution in [3.8, 4) is 0 Å². The van der Waals surface area contributed by atoms with Gasteiger partial charge in [-0.3, -0.25) is 4.79 Å². The summed E-state index contributed by atoms with van der Waals surface area (Å²) in [5.41, 5.74) is 1.75. The second kappa shape index (κ2) is 9.04. The smallest absolute Gasteiger partial charge is 0.328 e. The SMILES string of the molecule is C[C@H](NC(=O)[C@@H](C)Nc1ccc2ccccc2c1)C(=O)OCc1ccccc1. The fraction of sp³-hybridized carbons (Fsp3) is 0.217. The molecule has 3 aromatic carbocycles. The van der Waals surface area contributed by atoms with Gasteiger partial charge in [0.1, 0.15) is 18.7 Å². The number of rotatable bonds is 7. The summed E-state index contributed by atoms with van der Waals surface area (Å²) < 4.78 is 5.26. The number of nitrogens with one attached hydrogen (secondary N) is 2. The van der Waals surface area contributed by atoms with Crippen molar-refractivity contribution < 1.29 is 14.3 Å². The molecule has 3 aromatic rings. The second-order valence-electron chi connectivity index (χ2n) is 6.75. The van der Waals surface area contributed by atoms with Crippen LogP contribution in [0.3, 0.4) is 0 Å². The molecule has 0 unspecified atom stereocenters. The average molecular weight is 376 g/mol. The summed E-state index contributed by atoms with van der Waals surface area (Å²) in [5, 5.41) is 8.10. The molecule has 0 saturated carbocycles. The Morgan fingerprint density at radius 3 is 2.29 bits per heavy atom. The molecular weight excluding hydrogens is 352 g/mol. The number of hydrogen-bond acceptors (Lipinski definition) is 4. The Morgan fingerprint density at radius 1 is 0.857 bits per heavy atom. The molecule has 2 atom stereocenters. The Kier molecular flexibility index (Phi) is 6.27. The van der Waals surface area contributed by atoms with Gasteiger partial charge in [0.25, 0.3) is 0 Å². The molecule has 1 amide bonds. The fourth-order valence-corrected chi connectivity index (χ4v) is 2.85. The molecular formula is C23H24N2O3. The van der Waals surface area contributed by atoms with Gasteiger partial charge in [-0.1, -0.05) is 60.7 Å². The third-order valence-corrected chi connectivity index (χ3v) is 4.46. The minimum absolute atomic E-state index is 0.185. The lowest BCUT2D eigenvalue weighted by Crippen LogP contribution is -2.45. The number of benzene rings is 3. The molecule has 0 aliphatic carbocycles. The zero-order valence-corrected chi connectivity index (χ0v) is 16.0. The predicted octanol–water partition coefficient (Wildman–Crippen LogP) is 3.89. The van der Waals surface area contributed by atoms with E-state index < -0.39 is 18.1 Å². The Bertz CT molecular complexity index is 956. The summed E-state index contributed by atoms with van der Waals surface area (Å²) in [4.78, 5) is 24.5. The minimum Gasteiger partial charge on any atom is -0.459 e. The van der Waals surface area contributed by atoms with Crippen molar-refractivity contribution in [1.82, 2.24) is 5.32 Å². The summed E-state index contributed by atoms with van der Waals surface area (Å²) in [6.45, 7) is 3.56. The number of hydrogen-bond donors (Lipinski definition) is 2. The molecule has 0 aliphatic rings. The van der Waals surface area contributed by atoms with Crippen molar-refractivity contribution in [2.45, 2.75) is 32.5 Å². The van der Waals surface area contributed by atoms with Crippen molar-refractivity contribution in [2.24, 2.45) is 0 Å². The molecule has 5 heteroatoms. The normalized spacial score (nSPS) is 12.8. The van der Waals surface area contributed by atoms with Crippen molar-refractivity contribution in [2.75, 3.05) is 5.32 Å². The van der Waals surface area contributed by atoms with Gasteiger partial charge < -0.3 is 15.4 Å². The van der Waals surface area contributed by atoms with E-state index in [1.54, 1.807) is 13.8 Å². The maximum atomic E-state index is 12.4. The first-order valence-corrected chi connectivity index (χ1v) is 9.29. The van der Waals surface area contributed by atoms with E-state index in [4.69, 9.17) is 4.74 Å². The van der Waals surface area contributed by atoms with E-state index in [0.717, 1.165) is 22.0 Å². The van der Waals surface area contributed by atoms with Crippen LogP contribution in [0.5, 0.6) is 0 Å². The Hall–Kier alpha value is -3.34. The highest BCUT2D eigenvalue weighted by Gasteiger charge is 2.20. The second-order valence-corrected chi connectivity index (χ2v) is 6.75. The first-order chi connectivity index (χ1) is 13.5. The maximum Gasteiger partial charge on any atom is 0.328 e. The summed E-state index contributed by atoms with van der Waals surface area (Å²) in [6.07, 6.45) is 0. The molecule has 144 valence electrons. The predicted molar refractivity (Wildman–Crippen MR) is 111 cm³/mol. The number of esters is 1. The van der Waals surface area contributed by atoms with Gasteiger partial charge in [0.05, 0.1) is 0 Å². The van der Waals surface area contributed by atoms with Gasteiger partial charge in [0.2, 0.25) is 5.91 Å². The van der Waals surface area contributed by atoms with E-state index in [0.29, 0.717) is 0 Å². The van der Waals surface area contributed by atoms with Crippen LogP contribution in [0.2, 0.25) is 0 Å². The lowest BCUT2D eigenvalue weighted by Gasteiger charge is -2.19. The van der Waals surface area contributed by atoms with Crippen molar-refractivity contribution in [3.05, 3.63) is 78.4 Å². The zero-order chi connectivity index (χ0) is 19.9. The lowest BCUT2D eigenvalue weighted by atomic mass is 10.1.